The van der Waals surface area contributed by atoms with Crippen molar-refractivity contribution in [3.8, 4) is 22.9 Å². The zero-order valence-electron chi connectivity index (χ0n) is 18.3. The van der Waals surface area contributed by atoms with Gasteiger partial charge in [0.1, 0.15) is 23.1 Å². The van der Waals surface area contributed by atoms with Gasteiger partial charge in [0.15, 0.2) is 0 Å². The maximum atomic E-state index is 6.48. The first-order chi connectivity index (χ1) is 15.7. The minimum Gasteiger partial charge on any atom is -0.494 e. The van der Waals surface area contributed by atoms with Crippen molar-refractivity contribution >= 4 is 10.9 Å². The molecule has 8 nitrogen and oxygen atoms in total. The van der Waals surface area contributed by atoms with Crippen LogP contribution in [0.5, 0.6) is 11.5 Å². The summed E-state index contributed by atoms with van der Waals surface area (Å²) in [4.78, 5) is 7.11. The Balaban J connectivity index is 1.27. The summed E-state index contributed by atoms with van der Waals surface area (Å²) in [5.74, 6) is 2.28. The van der Waals surface area contributed by atoms with E-state index in [0.717, 1.165) is 66.1 Å². The number of pyridine rings is 1. The van der Waals surface area contributed by atoms with Crippen LogP contribution in [0.3, 0.4) is 0 Å². The molecular formula is C24H26N6O2. The second-order valence-corrected chi connectivity index (χ2v) is 8.10. The highest BCUT2D eigenvalue weighted by molar-refractivity contribution is 5.90. The molecule has 3 heterocycles. The van der Waals surface area contributed by atoms with Crippen LogP contribution in [-0.2, 0) is 6.54 Å². The summed E-state index contributed by atoms with van der Waals surface area (Å²) < 4.78 is 12.0. The molecule has 0 bridgehead atoms. The van der Waals surface area contributed by atoms with Gasteiger partial charge in [0, 0.05) is 42.3 Å². The van der Waals surface area contributed by atoms with Crippen molar-refractivity contribution in [3.63, 3.8) is 0 Å². The van der Waals surface area contributed by atoms with E-state index < -0.39 is 0 Å². The molecule has 8 heteroatoms. The van der Waals surface area contributed by atoms with Gasteiger partial charge in [0.2, 0.25) is 5.82 Å². The zero-order valence-corrected chi connectivity index (χ0v) is 18.3. The molecule has 0 unspecified atom stereocenters. The summed E-state index contributed by atoms with van der Waals surface area (Å²) in [7, 11) is 1.67. The van der Waals surface area contributed by atoms with Crippen LogP contribution in [-0.4, -0.2) is 56.8 Å². The number of aryl methyl sites for hydroxylation is 1. The summed E-state index contributed by atoms with van der Waals surface area (Å²) in [5.41, 5.74) is 4.00. The summed E-state index contributed by atoms with van der Waals surface area (Å²) in [6, 6.07) is 16.2. The lowest BCUT2D eigenvalue weighted by Crippen LogP contribution is -2.38. The molecule has 0 aliphatic carbocycles. The maximum absolute atomic E-state index is 6.48. The Morgan fingerprint density at radius 3 is 2.69 bits per heavy atom. The molecule has 1 N–H and O–H groups in total. The van der Waals surface area contributed by atoms with Gasteiger partial charge in [0.25, 0.3) is 0 Å². The number of hydrogen-bond acceptors (Lipinski definition) is 7. The fourth-order valence-electron chi connectivity index (χ4n) is 4.33. The number of benzene rings is 2. The molecule has 0 radical (unpaired) electrons. The first kappa shape index (κ1) is 20.4. The Labute approximate surface area is 186 Å². The van der Waals surface area contributed by atoms with E-state index in [2.05, 4.69) is 42.6 Å². The van der Waals surface area contributed by atoms with Gasteiger partial charge in [-0.25, -0.2) is 4.98 Å². The molecule has 0 amide bonds. The smallest absolute Gasteiger partial charge is 0.204 e. The number of H-pyrrole nitrogens is 1. The molecule has 1 aliphatic heterocycles. The second kappa shape index (κ2) is 8.92. The van der Waals surface area contributed by atoms with Crippen molar-refractivity contribution in [1.82, 2.24) is 30.5 Å². The minimum atomic E-state index is 0.176. The van der Waals surface area contributed by atoms with Crippen LogP contribution in [0.4, 0.5) is 0 Å². The molecule has 5 rings (SSSR count). The van der Waals surface area contributed by atoms with E-state index >= 15 is 0 Å². The molecule has 2 aromatic carbocycles. The summed E-state index contributed by atoms with van der Waals surface area (Å²) >= 11 is 0. The molecule has 32 heavy (non-hydrogen) atoms. The second-order valence-electron chi connectivity index (χ2n) is 8.10. The number of nitrogens with zero attached hydrogens (tertiary/aromatic N) is 5. The maximum Gasteiger partial charge on any atom is 0.204 e. The third-order valence-corrected chi connectivity index (χ3v) is 5.94. The Hall–Kier alpha value is -3.52. The molecule has 164 valence electrons. The van der Waals surface area contributed by atoms with Crippen LogP contribution in [0.15, 0.2) is 48.5 Å². The summed E-state index contributed by atoms with van der Waals surface area (Å²) in [6.45, 7) is 4.78. The number of aromatic amines is 1. The van der Waals surface area contributed by atoms with Gasteiger partial charge in [-0.2, -0.15) is 5.21 Å². The van der Waals surface area contributed by atoms with E-state index in [0.29, 0.717) is 5.82 Å². The quantitative estimate of drug-likeness (QED) is 0.498. The molecule has 0 spiro atoms. The van der Waals surface area contributed by atoms with Crippen LogP contribution < -0.4 is 9.47 Å². The number of rotatable bonds is 6. The van der Waals surface area contributed by atoms with Crippen LogP contribution in [0.2, 0.25) is 0 Å². The van der Waals surface area contributed by atoms with Crippen LogP contribution >= 0.6 is 0 Å². The first-order valence-electron chi connectivity index (χ1n) is 10.9. The summed E-state index contributed by atoms with van der Waals surface area (Å²) in [5, 5.41) is 15.5. The topological polar surface area (TPSA) is 89.0 Å². The number of nitrogens with one attached hydrogen (secondary N) is 1. The fraction of sp³-hybridized carbons (Fsp3) is 0.333. The first-order valence-corrected chi connectivity index (χ1v) is 10.9. The van der Waals surface area contributed by atoms with Gasteiger partial charge in [-0.05, 0) is 42.7 Å². The van der Waals surface area contributed by atoms with Gasteiger partial charge in [-0.15, -0.1) is 10.2 Å². The van der Waals surface area contributed by atoms with E-state index in [1.165, 1.54) is 5.56 Å². The van der Waals surface area contributed by atoms with Crippen LogP contribution in [0.1, 0.15) is 24.1 Å². The van der Waals surface area contributed by atoms with Gasteiger partial charge in [-0.1, -0.05) is 30.3 Å². The third-order valence-electron chi connectivity index (χ3n) is 5.94. The Bertz CT molecular complexity index is 1200. The predicted molar refractivity (Wildman–Crippen MR) is 122 cm³/mol. The Morgan fingerprint density at radius 1 is 1.06 bits per heavy atom. The van der Waals surface area contributed by atoms with Crippen LogP contribution in [0.25, 0.3) is 22.3 Å². The average Bonchev–Trinajstić information content (AvgIpc) is 3.35. The van der Waals surface area contributed by atoms with Gasteiger partial charge in [0.05, 0.1) is 7.11 Å². The van der Waals surface area contributed by atoms with Crippen molar-refractivity contribution in [3.05, 3.63) is 59.8 Å². The standard InChI is InChI=1S/C24H26N6O2/c1-16-14-22(20-8-5-9-21(31-2)23(20)25-16)32-18-10-12-30(13-11-18)15-17-6-3-4-7-19(17)24-26-28-29-27-24/h3-9,14,18H,10-13,15H2,1-2H3,(H,26,27,28,29). The molecule has 1 saturated heterocycles. The zero-order chi connectivity index (χ0) is 21.9. The number of para-hydroxylation sites is 1. The lowest BCUT2D eigenvalue weighted by atomic mass is 10.0. The lowest BCUT2D eigenvalue weighted by Gasteiger charge is -2.32. The van der Waals surface area contributed by atoms with Gasteiger partial charge >= 0.3 is 0 Å². The molecule has 4 aromatic rings. The SMILES string of the molecule is COc1cccc2c(OC3CCN(Cc4ccccc4-c4nn[nH]n4)CC3)cc(C)nc12. The van der Waals surface area contributed by atoms with Crippen molar-refractivity contribution in [1.29, 1.82) is 0 Å². The number of methoxy groups -OCH3 is 1. The monoisotopic (exact) mass is 430 g/mol. The average molecular weight is 431 g/mol. The normalized spacial score (nSPS) is 15.2. The van der Waals surface area contributed by atoms with E-state index in [4.69, 9.17) is 9.47 Å². The Kier molecular flexibility index (Phi) is 5.68. The van der Waals surface area contributed by atoms with Gasteiger partial charge < -0.3 is 9.47 Å². The predicted octanol–water partition coefficient (Wildman–Crippen LogP) is 3.78. The number of ether oxygens (including phenoxy) is 2. The number of tetrazole rings is 1. The van der Waals surface area contributed by atoms with E-state index in [1.807, 2.05) is 43.3 Å². The molecule has 0 atom stereocenters. The number of aromatic nitrogens is 5. The highest BCUT2D eigenvalue weighted by atomic mass is 16.5. The summed E-state index contributed by atoms with van der Waals surface area (Å²) in [6.07, 6.45) is 2.11. The van der Waals surface area contributed by atoms with Crippen molar-refractivity contribution in [2.24, 2.45) is 0 Å². The number of piperidine rings is 1. The number of fused-ring (bicyclic) bond motifs is 1. The van der Waals surface area contributed by atoms with Crippen molar-refractivity contribution in [2.45, 2.75) is 32.4 Å². The Morgan fingerprint density at radius 2 is 1.91 bits per heavy atom. The van der Waals surface area contributed by atoms with E-state index in [1.54, 1.807) is 7.11 Å². The van der Waals surface area contributed by atoms with Crippen LogP contribution in [0, 0.1) is 6.92 Å². The lowest BCUT2D eigenvalue weighted by molar-refractivity contribution is 0.0979. The molecule has 0 saturated carbocycles. The van der Waals surface area contributed by atoms with Crippen molar-refractivity contribution < 1.29 is 9.47 Å². The number of likely N-dealkylation sites (tertiary alicyclic amines) is 1. The largest absolute Gasteiger partial charge is 0.494 e. The fourth-order valence-corrected chi connectivity index (χ4v) is 4.33. The highest BCUT2D eigenvalue weighted by Gasteiger charge is 2.23. The molecule has 1 aliphatic rings. The van der Waals surface area contributed by atoms with E-state index in [9.17, 15) is 0 Å². The van der Waals surface area contributed by atoms with Crippen molar-refractivity contribution in [2.75, 3.05) is 20.2 Å². The molecular weight excluding hydrogens is 404 g/mol. The van der Waals surface area contributed by atoms with E-state index in [-0.39, 0.29) is 6.10 Å². The highest BCUT2D eigenvalue weighted by Crippen LogP contribution is 2.33. The van der Waals surface area contributed by atoms with Gasteiger partial charge in [-0.3, -0.25) is 4.90 Å². The molecule has 1 fully saturated rings. The third kappa shape index (κ3) is 4.13. The minimum absolute atomic E-state index is 0.176. The molecule has 2 aromatic heterocycles. The number of hydrogen-bond donors (Lipinski definition) is 1.